The molecule has 1 N–H and O–H groups in total. The molecule has 0 bridgehead atoms. The third-order valence-corrected chi connectivity index (χ3v) is 5.85. The summed E-state index contributed by atoms with van der Waals surface area (Å²) in [5.74, 6) is 1.67. The number of nitrogens with one attached hydrogen (secondary N) is 1. The largest absolute Gasteiger partial charge is 0.490 e. The van der Waals surface area contributed by atoms with Crippen LogP contribution in [-0.4, -0.2) is 38.0 Å². The van der Waals surface area contributed by atoms with E-state index in [0.717, 1.165) is 5.56 Å². The highest BCUT2D eigenvalue weighted by molar-refractivity contribution is 7.99. The monoisotopic (exact) mass is 497 g/mol. The molecule has 0 spiro atoms. The van der Waals surface area contributed by atoms with Gasteiger partial charge in [-0.1, -0.05) is 23.9 Å². The SMILES string of the molecule is C=CCn1c(COc2ccc(C)cc2OCC)nnc1SCC(=O)Nc1ccc([N+](=O)[O-])cc1C. The predicted molar refractivity (Wildman–Crippen MR) is 134 cm³/mol. The Morgan fingerprint density at radius 2 is 2.00 bits per heavy atom. The van der Waals surface area contributed by atoms with Crippen LogP contribution in [0.4, 0.5) is 11.4 Å². The van der Waals surface area contributed by atoms with Crippen molar-refractivity contribution < 1.29 is 19.2 Å². The third-order valence-electron chi connectivity index (χ3n) is 4.89. The highest BCUT2D eigenvalue weighted by atomic mass is 32.2. The van der Waals surface area contributed by atoms with Gasteiger partial charge < -0.3 is 14.8 Å². The molecule has 0 aliphatic carbocycles. The summed E-state index contributed by atoms with van der Waals surface area (Å²) in [6.07, 6.45) is 1.72. The lowest BCUT2D eigenvalue weighted by atomic mass is 10.2. The van der Waals surface area contributed by atoms with Gasteiger partial charge in [-0.2, -0.15) is 0 Å². The number of nitrogens with zero attached hydrogens (tertiary/aromatic N) is 4. The van der Waals surface area contributed by atoms with Crippen molar-refractivity contribution in [3.8, 4) is 11.5 Å². The normalized spacial score (nSPS) is 10.6. The summed E-state index contributed by atoms with van der Waals surface area (Å²) < 4.78 is 13.4. The minimum Gasteiger partial charge on any atom is -0.490 e. The van der Waals surface area contributed by atoms with E-state index in [4.69, 9.17) is 9.47 Å². The number of ether oxygens (including phenoxy) is 2. The molecule has 0 saturated carbocycles. The zero-order valence-corrected chi connectivity index (χ0v) is 20.6. The number of hydrogen-bond acceptors (Lipinski definition) is 8. The molecule has 0 aliphatic heterocycles. The Balaban J connectivity index is 1.65. The molecule has 2 aromatic carbocycles. The molecule has 11 heteroatoms. The number of benzene rings is 2. The van der Waals surface area contributed by atoms with Gasteiger partial charge in [0.25, 0.3) is 5.69 Å². The van der Waals surface area contributed by atoms with Gasteiger partial charge in [0.05, 0.1) is 17.3 Å². The second-order valence-corrected chi connectivity index (χ2v) is 8.51. The van der Waals surface area contributed by atoms with Crippen molar-refractivity contribution in [2.75, 3.05) is 17.7 Å². The molecule has 0 fully saturated rings. The average Bonchev–Trinajstić information content (AvgIpc) is 3.20. The van der Waals surface area contributed by atoms with Crippen LogP contribution in [0.1, 0.15) is 23.9 Å². The van der Waals surface area contributed by atoms with E-state index >= 15 is 0 Å². The van der Waals surface area contributed by atoms with Gasteiger partial charge in [0.2, 0.25) is 5.91 Å². The number of aromatic nitrogens is 3. The first-order chi connectivity index (χ1) is 16.8. The number of nitro groups is 1. The van der Waals surface area contributed by atoms with Gasteiger partial charge in [0, 0.05) is 24.4 Å². The average molecular weight is 498 g/mol. The number of allylic oxidation sites excluding steroid dienone is 1. The van der Waals surface area contributed by atoms with Crippen LogP contribution >= 0.6 is 11.8 Å². The Kier molecular flexibility index (Phi) is 8.85. The van der Waals surface area contributed by atoms with E-state index in [1.54, 1.807) is 13.0 Å². The Hall–Kier alpha value is -3.86. The Morgan fingerprint density at radius 1 is 1.20 bits per heavy atom. The summed E-state index contributed by atoms with van der Waals surface area (Å²) in [5.41, 5.74) is 2.16. The maximum absolute atomic E-state index is 12.5. The third kappa shape index (κ3) is 6.82. The predicted octanol–water partition coefficient (Wildman–Crippen LogP) is 4.70. The first-order valence-electron chi connectivity index (χ1n) is 10.9. The molecule has 35 heavy (non-hydrogen) atoms. The quantitative estimate of drug-likeness (QED) is 0.165. The van der Waals surface area contributed by atoms with E-state index in [0.29, 0.717) is 46.9 Å². The number of carbonyl (C=O) groups is 1. The number of aryl methyl sites for hydroxylation is 2. The number of nitro benzene ring substituents is 1. The molecule has 3 aromatic rings. The topological polar surface area (TPSA) is 121 Å². The highest BCUT2D eigenvalue weighted by Gasteiger charge is 2.16. The van der Waals surface area contributed by atoms with E-state index in [9.17, 15) is 14.9 Å². The molecular weight excluding hydrogens is 470 g/mol. The molecule has 1 amide bonds. The van der Waals surface area contributed by atoms with Crippen LogP contribution in [0, 0.1) is 24.0 Å². The van der Waals surface area contributed by atoms with E-state index in [2.05, 4.69) is 22.1 Å². The Labute approximate surface area is 207 Å². The van der Waals surface area contributed by atoms with Crippen molar-refractivity contribution in [2.45, 2.75) is 39.1 Å². The van der Waals surface area contributed by atoms with Crippen molar-refractivity contribution in [3.05, 3.63) is 76.1 Å². The Morgan fingerprint density at radius 3 is 2.69 bits per heavy atom. The zero-order chi connectivity index (χ0) is 25.4. The molecule has 0 atom stereocenters. The van der Waals surface area contributed by atoms with Crippen LogP contribution in [0.3, 0.4) is 0 Å². The molecule has 0 unspecified atom stereocenters. The molecular formula is C24H27N5O5S. The van der Waals surface area contributed by atoms with Crippen LogP contribution in [-0.2, 0) is 17.9 Å². The van der Waals surface area contributed by atoms with E-state index in [-0.39, 0.29) is 24.0 Å². The van der Waals surface area contributed by atoms with Gasteiger partial charge in [-0.15, -0.1) is 16.8 Å². The molecule has 3 rings (SSSR count). The fraction of sp³-hybridized carbons (Fsp3) is 0.292. The summed E-state index contributed by atoms with van der Waals surface area (Å²) >= 11 is 1.23. The molecule has 1 heterocycles. The van der Waals surface area contributed by atoms with Crippen LogP contribution in [0.25, 0.3) is 0 Å². The second-order valence-electron chi connectivity index (χ2n) is 7.56. The number of carbonyl (C=O) groups excluding carboxylic acids is 1. The van der Waals surface area contributed by atoms with Gasteiger partial charge >= 0.3 is 0 Å². The van der Waals surface area contributed by atoms with Gasteiger partial charge in [-0.05, 0) is 50.1 Å². The lowest BCUT2D eigenvalue weighted by molar-refractivity contribution is -0.384. The van der Waals surface area contributed by atoms with E-state index in [1.165, 1.54) is 30.0 Å². The van der Waals surface area contributed by atoms with Gasteiger partial charge in [0.15, 0.2) is 22.5 Å². The first kappa shape index (κ1) is 25.8. The Bertz CT molecular complexity index is 1230. The molecule has 10 nitrogen and oxygen atoms in total. The summed E-state index contributed by atoms with van der Waals surface area (Å²) in [7, 11) is 0. The highest BCUT2D eigenvalue weighted by Crippen LogP contribution is 2.29. The first-order valence-corrected chi connectivity index (χ1v) is 11.9. The second kappa shape index (κ2) is 12.0. The van der Waals surface area contributed by atoms with Crippen molar-refractivity contribution in [2.24, 2.45) is 0 Å². The standard InChI is InChI=1S/C24H27N5O5S/c1-5-11-28-22(14-34-20-10-7-16(3)12-21(20)33-6-2)26-27-24(28)35-15-23(30)25-19-9-8-18(29(31)32)13-17(19)4/h5,7-10,12-13H,1,6,11,14-15H2,2-4H3,(H,25,30). The van der Waals surface area contributed by atoms with Crippen molar-refractivity contribution in [1.29, 1.82) is 0 Å². The minimum absolute atomic E-state index is 0.0267. The maximum atomic E-state index is 12.5. The fourth-order valence-electron chi connectivity index (χ4n) is 3.21. The number of non-ortho nitro benzene ring substituents is 1. The molecule has 0 radical (unpaired) electrons. The molecule has 1 aromatic heterocycles. The van der Waals surface area contributed by atoms with Gasteiger partial charge in [0.1, 0.15) is 6.61 Å². The summed E-state index contributed by atoms with van der Waals surface area (Å²) in [4.78, 5) is 22.9. The molecule has 0 saturated heterocycles. The van der Waals surface area contributed by atoms with Crippen molar-refractivity contribution in [1.82, 2.24) is 14.8 Å². The van der Waals surface area contributed by atoms with Crippen LogP contribution in [0.5, 0.6) is 11.5 Å². The molecule has 184 valence electrons. The summed E-state index contributed by atoms with van der Waals surface area (Å²) in [5, 5.41) is 22.7. The zero-order valence-electron chi connectivity index (χ0n) is 19.8. The van der Waals surface area contributed by atoms with Gasteiger partial charge in [-0.3, -0.25) is 19.5 Å². The number of amides is 1. The summed E-state index contributed by atoms with van der Waals surface area (Å²) in [6.45, 7) is 10.5. The van der Waals surface area contributed by atoms with Crippen LogP contribution < -0.4 is 14.8 Å². The van der Waals surface area contributed by atoms with E-state index < -0.39 is 4.92 Å². The minimum atomic E-state index is -0.474. The fourth-order valence-corrected chi connectivity index (χ4v) is 3.97. The number of rotatable bonds is 12. The summed E-state index contributed by atoms with van der Waals surface area (Å²) in [6, 6.07) is 10.0. The number of hydrogen-bond donors (Lipinski definition) is 1. The van der Waals surface area contributed by atoms with Gasteiger partial charge in [-0.25, -0.2) is 0 Å². The number of thioether (sulfide) groups is 1. The van der Waals surface area contributed by atoms with Crippen molar-refractivity contribution >= 4 is 29.0 Å². The smallest absolute Gasteiger partial charge is 0.269 e. The number of anilines is 1. The molecule has 0 aliphatic rings. The van der Waals surface area contributed by atoms with Crippen LogP contribution in [0.15, 0.2) is 54.2 Å². The lowest BCUT2D eigenvalue weighted by Crippen LogP contribution is -2.15. The van der Waals surface area contributed by atoms with Crippen LogP contribution in [0.2, 0.25) is 0 Å². The van der Waals surface area contributed by atoms with Crippen molar-refractivity contribution in [3.63, 3.8) is 0 Å². The van der Waals surface area contributed by atoms with E-state index in [1.807, 2.05) is 36.6 Å². The lowest BCUT2D eigenvalue weighted by Gasteiger charge is -2.13. The maximum Gasteiger partial charge on any atom is 0.269 e.